The Morgan fingerprint density at radius 3 is 3.11 bits per heavy atom. The largest absolute Gasteiger partial charge is 0.497 e. The van der Waals surface area contributed by atoms with Crippen LogP contribution < -0.4 is 15.7 Å². The van der Waals surface area contributed by atoms with Gasteiger partial charge in [-0.3, -0.25) is 4.57 Å². The van der Waals surface area contributed by atoms with Crippen molar-refractivity contribution in [2.24, 2.45) is 0 Å². The quantitative estimate of drug-likeness (QED) is 0.837. The van der Waals surface area contributed by atoms with E-state index < -0.39 is 0 Å². The van der Waals surface area contributed by atoms with Gasteiger partial charge in [-0.2, -0.15) is 4.68 Å². The first kappa shape index (κ1) is 12.0. The van der Waals surface area contributed by atoms with Gasteiger partial charge in [0.15, 0.2) is 0 Å². The standard InChI is InChI=1S/C13H16N4O2/c1-19-11-4-2-3-10(9-11)17-13(18)16-8-7-14-6-5-12(16)15-17/h2-4,9,14H,5-8H2,1H3. The lowest BCUT2D eigenvalue weighted by molar-refractivity contribution is 0.414. The van der Waals surface area contributed by atoms with Gasteiger partial charge in [0.05, 0.1) is 12.8 Å². The normalized spacial score (nSPS) is 14.8. The van der Waals surface area contributed by atoms with Crippen molar-refractivity contribution < 1.29 is 4.74 Å². The van der Waals surface area contributed by atoms with Crippen LogP contribution in [0.3, 0.4) is 0 Å². The zero-order valence-corrected chi connectivity index (χ0v) is 10.8. The number of fused-ring (bicyclic) bond motifs is 1. The van der Waals surface area contributed by atoms with E-state index in [1.54, 1.807) is 11.7 Å². The maximum Gasteiger partial charge on any atom is 0.350 e. The molecule has 0 unspecified atom stereocenters. The molecule has 0 aliphatic carbocycles. The maximum absolute atomic E-state index is 12.4. The second-order valence-corrected chi connectivity index (χ2v) is 4.46. The smallest absolute Gasteiger partial charge is 0.350 e. The van der Waals surface area contributed by atoms with E-state index in [9.17, 15) is 4.79 Å². The van der Waals surface area contributed by atoms with Gasteiger partial charge in [0, 0.05) is 32.1 Å². The summed E-state index contributed by atoms with van der Waals surface area (Å²) >= 11 is 0. The molecule has 2 aromatic rings. The number of nitrogens with zero attached hydrogens (tertiary/aromatic N) is 3. The van der Waals surface area contributed by atoms with Gasteiger partial charge in [-0.05, 0) is 12.1 Å². The van der Waals surface area contributed by atoms with Gasteiger partial charge in [-0.25, -0.2) is 4.79 Å². The summed E-state index contributed by atoms with van der Waals surface area (Å²) in [6.45, 7) is 2.32. The van der Waals surface area contributed by atoms with E-state index >= 15 is 0 Å². The molecular weight excluding hydrogens is 244 g/mol. The second kappa shape index (κ2) is 4.89. The Bertz CT molecular complexity index is 644. The van der Waals surface area contributed by atoms with E-state index in [-0.39, 0.29) is 5.69 Å². The van der Waals surface area contributed by atoms with E-state index in [0.717, 1.165) is 31.0 Å². The van der Waals surface area contributed by atoms with Gasteiger partial charge < -0.3 is 10.1 Å². The number of hydrogen-bond acceptors (Lipinski definition) is 4. The first-order valence-corrected chi connectivity index (χ1v) is 6.33. The van der Waals surface area contributed by atoms with Crippen molar-refractivity contribution in [2.45, 2.75) is 13.0 Å². The molecule has 3 rings (SSSR count). The van der Waals surface area contributed by atoms with Crippen molar-refractivity contribution >= 4 is 0 Å². The fourth-order valence-corrected chi connectivity index (χ4v) is 2.27. The zero-order valence-electron chi connectivity index (χ0n) is 10.8. The van der Waals surface area contributed by atoms with Gasteiger partial charge in [-0.1, -0.05) is 6.07 Å². The highest BCUT2D eigenvalue weighted by Gasteiger charge is 2.16. The van der Waals surface area contributed by atoms with Crippen molar-refractivity contribution in [1.82, 2.24) is 19.7 Å². The SMILES string of the molecule is COc1cccc(-n2nc3n(c2=O)CCNCC3)c1. The van der Waals surface area contributed by atoms with E-state index in [0.29, 0.717) is 12.3 Å². The summed E-state index contributed by atoms with van der Waals surface area (Å²) in [5.41, 5.74) is 0.643. The molecule has 0 amide bonds. The number of ether oxygens (including phenoxy) is 1. The summed E-state index contributed by atoms with van der Waals surface area (Å²) in [6.07, 6.45) is 0.770. The lowest BCUT2D eigenvalue weighted by Gasteiger charge is -2.03. The third-order valence-corrected chi connectivity index (χ3v) is 3.27. The van der Waals surface area contributed by atoms with Crippen molar-refractivity contribution in [3.63, 3.8) is 0 Å². The second-order valence-electron chi connectivity index (χ2n) is 4.46. The average Bonchev–Trinajstić information content (AvgIpc) is 2.64. The van der Waals surface area contributed by atoms with Crippen molar-refractivity contribution in [1.29, 1.82) is 0 Å². The highest BCUT2D eigenvalue weighted by atomic mass is 16.5. The molecule has 100 valence electrons. The molecule has 6 nitrogen and oxygen atoms in total. The topological polar surface area (TPSA) is 61.1 Å². The summed E-state index contributed by atoms with van der Waals surface area (Å²) in [7, 11) is 1.61. The fourth-order valence-electron chi connectivity index (χ4n) is 2.27. The third-order valence-electron chi connectivity index (χ3n) is 3.27. The Balaban J connectivity index is 2.08. The van der Waals surface area contributed by atoms with Crippen LogP contribution in [0, 0.1) is 0 Å². The molecule has 0 atom stereocenters. The van der Waals surface area contributed by atoms with E-state index in [1.807, 2.05) is 24.3 Å². The minimum absolute atomic E-state index is 0.0908. The van der Waals surface area contributed by atoms with E-state index in [1.165, 1.54) is 4.68 Å². The van der Waals surface area contributed by atoms with Gasteiger partial charge in [0.25, 0.3) is 0 Å². The number of rotatable bonds is 2. The molecule has 0 fully saturated rings. The molecule has 1 aliphatic heterocycles. The van der Waals surface area contributed by atoms with Crippen LogP contribution in [0.25, 0.3) is 5.69 Å². The molecule has 1 aliphatic rings. The van der Waals surface area contributed by atoms with Gasteiger partial charge in [-0.15, -0.1) is 5.10 Å². The van der Waals surface area contributed by atoms with Crippen LogP contribution >= 0.6 is 0 Å². The minimum Gasteiger partial charge on any atom is -0.497 e. The summed E-state index contributed by atoms with van der Waals surface area (Å²) < 4.78 is 8.36. The van der Waals surface area contributed by atoms with E-state index in [4.69, 9.17) is 4.74 Å². The molecule has 0 saturated heterocycles. The van der Waals surface area contributed by atoms with Crippen LogP contribution in [0.5, 0.6) is 5.75 Å². The first-order valence-electron chi connectivity index (χ1n) is 6.33. The van der Waals surface area contributed by atoms with Gasteiger partial charge in [0.2, 0.25) is 0 Å². The molecule has 0 bridgehead atoms. The molecular formula is C13H16N4O2. The fraction of sp³-hybridized carbons (Fsp3) is 0.385. The lowest BCUT2D eigenvalue weighted by Crippen LogP contribution is -2.27. The Kier molecular flexibility index (Phi) is 3.08. The number of aromatic nitrogens is 3. The molecule has 6 heteroatoms. The average molecular weight is 260 g/mol. The molecule has 0 saturated carbocycles. The highest BCUT2D eigenvalue weighted by molar-refractivity contribution is 5.38. The summed E-state index contributed by atoms with van der Waals surface area (Å²) in [4.78, 5) is 12.4. The monoisotopic (exact) mass is 260 g/mol. The van der Waals surface area contributed by atoms with Crippen LogP contribution in [0.1, 0.15) is 5.82 Å². The first-order chi connectivity index (χ1) is 9.29. The number of nitrogens with one attached hydrogen (secondary N) is 1. The Morgan fingerprint density at radius 1 is 1.37 bits per heavy atom. The van der Waals surface area contributed by atoms with E-state index in [2.05, 4.69) is 10.4 Å². The van der Waals surface area contributed by atoms with Crippen LogP contribution in [0.15, 0.2) is 29.1 Å². The van der Waals surface area contributed by atoms with Crippen molar-refractivity contribution in [2.75, 3.05) is 20.2 Å². The summed E-state index contributed by atoms with van der Waals surface area (Å²) in [6, 6.07) is 7.37. The maximum atomic E-state index is 12.4. The minimum atomic E-state index is -0.0908. The number of hydrogen-bond donors (Lipinski definition) is 1. The molecule has 2 heterocycles. The molecule has 1 N–H and O–H groups in total. The predicted molar refractivity (Wildman–Crippen MR) is 70.9 cm³/mol. The Labute approximate surface area is 110 Å². The van der Waals surface area contributed by atoms with Gasteiger partial charge in [0.1, 0.15) is 11.6 Å². The van der Waals surface area contributed by atoms with Crippen LogP contribution in [0.4, 0.5) is 0 Å². The molecule has 1 aromatic heterocycles. The Morgan fingerprint density at radius 2 is 2.26 bits per heavy atom. The predicted octanol–water partition coefficient (Wildman–Crippen LogP) is 0.188. The summed E-state index contributed by atoms with van der Waals surface area (Å²) in [5, 5.41) is 7.68. The number of benzene rings is 1. The van der Waals surface area contributed by atoms with Gasteiger partial charge >= 0.3 is 5.69 Å². The molecule has 19 heavy (non-hydrogen) atoms. The van der Waals surface area contributed by atoms with Crippen LogP contribution in [0.2, 0.25) is 0 Å². The Hall–Kier alpha value is -2.08. The zero-order chi connectivity index (χ0) is 13.2. The summed E-state index contributed by atoms with van der Waals surface area (Å²) in [5.74, 6) is 1.55. The molecule has 0 radical (unpaired) electrons. The highest BCUT2D eigenvalue weighted by Crippen LogP contribution is 2.14. The van der Waals surface area contributed by atoms with Crippen LogP contribution in [-0.4, -0.2) is 34.5 Å². The third kappa shape index (κ3) is 2.15. The lowest BCUT2D eigenvalue weighted by atomic mass is 10.3. The van der Waals surface area contributed by atoms with Crippen LogP contribution in [-0.2, 0) is 13.0 Å². The number of methoxy groups -OCH3 is 1. The van der Waals surface area contributed by atoms with Crippen molar-refractivity contribution in [3.05, 3.63) is 40.6 Å². The molecule has 0 spiro atoms. The molecule has 1 aromatic carbocycles. The van der Waals surface area contributed by atoms with Crippen molar-refractivity contribution in [3.8, 4) is 11.4 Å².